The number of rotatable bonds is 5. The van der Waals surface area contributed by atoms with Crippen LogP contribution in [0.1, 0.15) is 0 Å². The summed E-state index contributed by atoms with van der Waals surface area (Å²) in [5, 5.41) is 3.59. The average Bonchev–Trinajstić information content (AvgIpc) is 3.77. The summed E-state index contributed by atoms with van der Waals surface area (Å²) in [6, 6.07) is 59.7. The van der Waals surface area contributed by atoms with Gasteiger partial charge in [-0.2, -0.15) is 0 Å². The van der Waals surface area contributed by atoms with E-state index in [0.717, 1.165) is 55.6 Å². The molecule has 0 fully saturated rings. The Hall–Kier alpha value is -6.36. The Morgan fingerprint density at radius 3 is 1.84 bits per heavy atom. The van der Waals surface area contributed by atoms with E-state index in [4.69, 9.17) is 14.4 Å². The molecule has 10 rings (SSSR count). The van der Waals surface area contributed by atoms with E-state index >= 15 is 0 Å². The molecule has 0 unspecified atom stereocenters. The van der Waals surface area contributed by atoms with Crippen LogP contribution in [0.2, 0.25) is 0 Å². The van der Waals surface area contributed by atoms with Gasteiger partial charge in [0.05, 0.1) is 0 Å². The van der Waals surface area contributed by atoms with E-state index in [1.807, 2.05) is 35.6 Å². The highest BCUT2D eigenvalue weighted by atomic mass is 32.1. The van der Waals surface area contributed by atoms with Gasteiger partial charge in [0.2, 0.25) is 0 Å². The molecule has 0 aliphatic rings. The Morgan fingerprint density at radius 2 is 1.00 bits per heavy atom. The Bertz CT molecular complexity index is 2880. The number of benzene rings is 7. The first-order valence-electron chi connectivity index (χ1n) is 16.7. The van der Waals surface area contributed by atoms with Crippen LogP contribution in [-0.2, 0) is 0 Å². The molecule has 0 saturated heterocycles. The lowest BCUT2D eigenvalue weighted by molar-refractivity contribution is 0.667. The number of fused-ring (bicyclic) bond motifs is 6. The SMILES string of the molecule is c1ccc(-c2cccc(-c3nc(-c4cccc(-c5cccc(-c6cccc7c6sc6ccccc67)c5)c4)nc4c3oc3ccccc34)c2)cc1. The molecule has 0 amide bonds. The molecule has 0 radical (unpaired) electrons. The standard InChI is InChI=1S/C46H28N2OS/c1-2-12-29(13-3-1)30-14-9-18-34(27-30)42-44-43(39-21-4-6-24-40(39)49-44)48-46(47-42)35-19-10-16-32(28-35)31-15-8-17-33(26-31)36-22-11-23-38-37-20-5-7-25-41(37)50-45(36)38/h1-28H. The molecule has 3 heterocycles. The van der Waals surface area contributed by atoms with E-state index in [0.29, 0.717) is 11.4 Å². The number of thiophene rings is 1. The number of hydrogen-bond acceptors (Lipinski definition) is 4. The van der Waals surface area contributed by atoms with Crippen molar-refractivity contribution >= 4 is 53.6 Å². The normalized spacial score (nSPS) is 11.6. The Morgan fingerprint density at radius 1 is 0.420 bits per heavy atom. The van der Waals surface area contributed by atoms with Crippen molar-refractivity contribution in [1.29, 1.82) is 0 Å². The van der Waals surface area contributed by atoms with Crippen LogP contribution in [0, 0.1) is 0 Å². The first kappa shape index (κ1) is 28.6. The molecule has 0 aliphatic carbocycles. The van der Waals surface area contributed by atoms with Gasteiger partial charge in [0.1, 0.15) is 16.8 Å². The third-order valence-corrected chi connectivity index (χ3v) is 10.7. The topological polar surface area (TPSA) is 38.9 Å². The largest absolute Gasteiger partial charge is 0.452 e. The second-order valence-corrected chi connectivity index (χ2v) is 13.6. The zero-order valence-electron chi connectivity index (χ0n) is 26.9. The van der Waals surface area contributed by atoms with Crippen molar-refractivity contribution in [1.82, 2.24) is 9.97 Å². The van der Waals surface area contributed by atoms with Gasteiger partial charge in [-0.05, 0) is 69.8 Å². The Balaban J connectivity index is 1.10. The first-order chi connectivity index (χ1) is 24.8. The smallest absolute Gasteiger partial charge is 0.180 e. The van der Waals surface area contributed by atoms with Crippen molar-refractivity contribution in [3.05, 3.63) is 170 Å². The maximum Gasteiger partial charge on any atom is 0.180 e. The fraction of sp³-hybridized carbons (Fsp3) is 0. The van der Waals surface area contributed by atoms with Gasteiger partial charge in [-0.3, -0.25) is 0 Å². The van der Waals surface area contributed by atoms with Crippen molar-refractivity contribution in [3.63, 3.8) is 0 Å². The predicted octanol–water partition coefficient (Wildman–Crippen LogP) is 13.1. The van der Waals surface area contributed by atoms with Gasteiger partial charge in [0.15, 0.2) is 11.4 Å². The van der Waals surface area contributed by atoms with E-state index in [1.165, 1.54) is 31.3 Å². The molecule has 50 heavy (non-hydrogen) atoms. The lowest BCUT2D eigenvalue weighted by Crippen LogP contribution is -1.94. The highest BCUT2D eigenvalue weighted by Gasteiger charge is 2.19. The van der Waals surface area contributed by atoms with Crippen LogP contribution < -0.4 is 0 Å². The molecule has 4 heteroatoms. The summed E-state index contributed by atoms with van der Waals surface area (Å²) in [7, 11) is 0. The first-order valence-corrected chi connectivity index (χ1v) is 17.6. The minimum absolute atomic E-state index is 0.664. The quantitative estimate of drug-likeness (QED) is 0.185. The lowest BCUT2D eigenvalue weighted by Gasteiger charge is -2.10. The molecule has 0 aliphatic heterocycles. The second kappa shape index (κ2) is 11.7. The predicted molar refractivity (Wildman–Crippen MR) is 209 cm³/mol. The van der Waals surface area contributed by atoms with Crippen LogP contribution in [-0.4, -0.2) is 9.97 Å². The summed E-state index contributed by atoms with van der Waals surface area (Å²) in [5.74, 6) is 0.664. The molecular formula is C46H28N2OS. The van der Waals surface area contributed by atoms with Crippen LogP contribution in [0.3, 0.4) is 0 Å². The van der Waals surface area contributed by atoms with E-state index in [1.54, 1.807) is 0 Å². The van der Waals surface area contributed by atoms with Gasteiger partial charge in [-0.25, -0.2) is 9.97 Å². The monoisotopic (exact) mass is 656 g/mol. The van der Waals surface area contributed by atoms with Crippen molar-refractivity contribution in [2.24, 2.45) is 0 Å². The molecule has 10 aromatic rings. The molecule has 234 valence electrons. The molecule has 0 saturated carbocycles. The fourth-order valence-corrected chi connectivity index (χ4v) is 8.31. The van der Waals surface area contributed by atoms with Crippen molar-refractivity contribution in [2.45, 2.75) is 0 Å². The van der Waals surface area contributed by atoms with Gasteiger partial charge < -0.3 is 4.42 Å². The zero-order chi connectivity index (χ0) is 33.0. The molecule has 0 spiro atoms. The summed E-state index contributed by atoms with van der Waals surface area (Å²) in [4.78, 5) is 10.4. The molecule has 0 bridgehead atoms. The summed E-state index contributed by atoms with van der Waals surface area (Å²) < 4.78 is 9.08. The highest BCUT2D eigenvalue weighted by Crippen LogP contribution is 2.41. The van der Waals surface area contributed by atoms with Gasteiger partial charge in [0, 0.05) is 36.7 Å². The summed E-state index contributed by atoms with van der Waals surface area (Å²) in [6.07, 6.45) is 0. The summed E-state index contributed by atoms with van der Waals surface area (Å²) in [6.45, 7) is 0. The number of aromatic nitrogens is 2. The molecule has 7 aromatic carbocycles. The van der Waals surface area contributed by atoms with Crippen molar-refractivity contribution < 1.29 is 4.42 Å². The van der Waals surface area contributed by atoms with Gasteiger partial charge >= 0.3 is 0 Å². The zero-order valence-corrected chi connectivity index (χ0v) is 27.7. The second-order valence-electron chi connectivity index (χ2n) is 12.6. The Kier molecular flexibility index (Phi) is 6.68. The summed E-state index contributed by atoms with van der Waals surface area (Å²) >= 11 is 1.86. The molecule has 3 aromatic heterocycles. The third kappa shape index (κ3) is 4.80. The third-order valence-electron chi connectivity index (χ3n) is 9.49. The van der Waals surface area contributed by atoms with E-state index in [2.05, 4.69) is 146 Å². The van der Waals surface area contributed by atoms with E-state index in [9.17, 15) is 0 Å². The van der Waals surface area contributed by atoms with Crippen LogP contribution in [0.25, 0.3) is 98.3 Å². The average molecular weight is 657 g/mol. The molecular weight excluding hydrogens is 629 g/mol. The maximum absolute atomic E-state index is 6.45. The van der Waals surface area contributed by atoms with Crippen molar-refractivity contribution in [3.8, 4) is 56.0 Å². The fourth-order valence-electron chi connectivity index (χ4n) is 7.07. The van der Waals surface area contributed by atoms with E-state index < -0.39 is 0 Å². The van der Waals surface area contributed by atoms with Crippen LogP contribution >= 0.6 is 11.3 Å². The molecule has 3 nitrogen and oxygen atoms in total. The number of para-hydroxylation sites is 1. The van der Waals surface area contributed by atoms with Gasteiger partial charge in [0.25, 0.3) is 0 Å². The minimum atomic E-state index is 0.664. The maximum atomic E-state index is 6.45. The number of furan rings is 1. The summed E-state index contributed by atoms with van der Waals surface area (Å²) in [5.41, 5.74) is 12.0. The number of hydrogen-bond donors (Lipinski definition) is 0. The molecule has 0 N–H and O–H groups in total. The Labute approximate surface area is 292 Å². The highest BCUT2D eigenvalue weighted by molar-refractivity contribution is 7.26. The van der Waals surface area contributed by atoms with Gasteiger partial charge in [-0.15, -0.1) is 11.3 Å². The number of nitrogens with zero attached hydrogens (tertiary/aromatic N) is 2. The minimum Gasteiger partial charge on any atom is -0.452 e. The van der Waals surface area contributed by atoms with Crippen LogP contribution in [0.5, 0.6) is 0 Å². The van der Waals surface area contributed by atoms with Crippen LogP contribution in [0.4, 0.5) is 0 Å². The van der Waals surface area contributed by atoms with Crippen LogP contribution in [0.15, 0.2) is 174 Å². The molecule has 0 atom stereocenters. The van der Waals surface area contributed by atoms with Crippen molar-refractivity contribution in [2.75, 3.05) is 0 Å². The van der Waals surface area contributed by atoms with Gasteiger partial charge in [-0.1, -0.05) is 133 Å². The lowest BCUT2D eigenvalue weighted by atomic mass is 9.97. The van der Waals surface area contributed by atoms with E-state index in [-0.39, 0.29) is 0 Å².